The SMILES string of the molecule is COc1ccc2c(c1)C(N)C(Oc1ccc(C)cc1)CC2. The van der Waals surface area contributed by atoms with E-state index in [-0.39, 0.29) is 12.1 Å². The average molecular weight is 283 g/mol. The monoisotopic (exact) mass is 283 g/mol. The van der Waals surface area contributed by atoms with Crippen LogP contribution in [0.1, 0.15) is 29.2 Å². The van der Waals surface area contributed by atoms with E-state index in [9.17, 15) is 0 Å². The normalized spacial score (nSPS) is 20.7. The van der Waals surface area contributed by atoms with Gasteiger partial charge in [-0.15, -0.1) is 0 Å². The second-order valence-corrected chi connectivity index (χ2v) is 5.60. The maximum absolute atomic E-state index is 6.41. The lowest BCUT2D eigenvalue weighted by Gasteiger charge is -2.31. The van der Waals surface area contributed by atoms with Crippen molar-refractivity contribution in [3.63, 3.8) is 0 Å². The first-order chi connectivity index (χ1) is 10.2. The van der Waals surface area contributed by atoms with Crippen LogP contribution >= 0.6 is 0 Å². The average Bonchev–Trinajstić information content (AvgIpc) is 2.52. The van der Waals surface area contributed by atoms with Crippen molar-refractivity contribution in [1.29, 1.82) is 0 Å². The molecule has 3 nitrogen and oxygen atoms in total. The molecule has 0 aromatic heterocycles. The summed E-state index contributed by atoms with van der Waals surface area (Å²) in [6.45, 7) is 2.07. The Kier molecular flexibility index (Phi) is 3.84. The van der Waals surface area contributed by atoms with Gasteiger partial charge in [0.2, 0.25) is 0 Å². The molecule has 110 valence electrons. The highest BCUT2D eigenvalue weighted by Gasteiger charge is 2.28. The summed E-state index contributed by atoms with van der Waals surface area (Å²) in [5, 5.41) is 0. The predicted octanol–water partition coefficient (Wildman–Crippen LogP) is 3.40. The summed E-state index contributed by atoms with van der Waals surface area (Å²) < 4.78 is 11.4. The lowest BCUT2D eigenvalue weighted by atomic mass is 9.86. The van der Waals surface area contributed by atoms with E-state index in [2.05, 4.69) is 25.1 Å². The highest BCUT2D eigenvalue weighted by atomic mass is 16.5. The molecule has 3 heteroatoms. The minimum absolute atomic E-state index is 0.00677. The molecule has 1 aliphatic carbocycles. The fourth-order valence-electron chi connectivity index (χ4n) is 2.84. The minimum atomic E-state index is -0.120. The number of aryl methyl sites for hydroxylation is 2. The van der Waals surface area contributed by atoms with Gasteiger partial charge in [0.05, 0.1) is 13.2 Å². The molecule has 0 radical (unpaired) electrons. The molecule has 2 aromatic carbocycles. The Hall–Kier alpha value is -2.00. The summed E-state index contributed by atoms with van der Waals surface area (Å²) >= 11 is 0. The van der Waals surface area contributed by atoms with Gasteiger partial charge in [-0.25, -0.2) is 0 Å². The zero-order valence-corrected chi connectivity index (χ0v) is 12.5. The Morgan fingerprint density at radius 2 is 1.76 bits per heavy atom. The molecule has 1 aliphatic rings. The molecule has 0 bridgehead atoms. The van der Waals surface area contributed by atoms with Crippen LogP contribution in [0.4, 0.5) is 0 Å². The first-order valence-corrected chi connectivity index (χ1v) is 7.33. The predicted molar refractivity (Wildman–Crippen MR) is 83.8 cm³/mol. The van der Waals surface area contributed by atoms with Crippen molar-refractivity contribution in [2.24, 2.45) is 5.73 Å². The Labute approximate surface area is 125 Å². The van der Waals surface area contributed by atoms with Gasteiger partial charge >= 0.3 is 0 Å². The van der Waals surface area contributed by atoms with Crippen LogP contribution in [0.3, 0.4) is 0 Å². The van der Waals surface area contributed by atoms with Crippen molar-refractivity contribution in [1.82, 2.24) is 0 Å². The fraction of sp³-hybridized carbons (Fsp3) is 0.333. The van der Waals surface area contributed by atoms with E-state index in [4.69, 9.17) is 15.2 Å². The van der Waals surface area contributed by atoms with Crippen molar-refractivity contribution in [2.45, 2.75) is 31.9 Å². The molecule has 21 heavy (non-hydrogen) atoms. The quantitative estimate of drug-likeness (QED) is 0.939. The van der Waals surface area contributed by atoms with Crippen molar-refractivity contribution in [3.8, 4) is 11.5 Å². The summed E-state index contributed by atoms with van der Waals surface area (Å²) in [5.74, 6) is 1.73. The summed E-state index contributed by atoms with van der Waals surface area (Å²) in [5.41, 5.74) is 10.1. The number of hydrogen-bond donors (Lipinski definition) is 1. The van der Waals surface area contributed by atoms with Crippen LogP contribution in [0.15, 0.2) is 42.5 Å². The van der Waals surface area contributed by atoms with E-state index in [1.54, 1.807) is 7.11 Å². The molecule has 2 N–H and O–H groups in total. The number of ether oxygens (including phenoxy) is 2. The standard InChI is InChI=1S/C18H21NO2/c1-12-3-7-14(8-4-12)21-17-10-6-13-5-9-15(20-2)11-16(13)18(17)19/h3-5,7-9,11,17-18H,6,10,19H2,1-2H3. The number of benzene rings is 2. The highest BCUT2D eigenvalue weighted by molar-refractivity contribution is 5.40. The second kappa shape index (κ2) is 5.78. The van der Waals surface area contributed by atoms with E-state index in [0.29, 0.717) is 0 Å². The largest absolute Gasteiger partial charge is 0.497 e. The van der Waals surface area contributed by atoms with Gasteiger partial charge in [0.1, 0.15) is 17.6 Å². The van der Waals surface area contributed by atoms with Crippen molar-refractivity contribution < 1.29 is 9.47 Å². The van der Waals surface area contributed by atoms with Crippen LogP contribution < -0.4 is 15.2 Å². The third kappa shape index (κ3) is 2.88. The Bertz CT molecular complexity index is 622. The first-order valence-electron chi connectivity index (χ1n) is 7.33. The van der Waals surface area contributed by atoms with Crippen LogP contribution in [0.2, 0.25) is 0 Å². The summed E-state index contributed by atoms with van der Waals surface area (Å²) in [6, 6.07) is 14.1. The fourth-order valence-corrected chi connectivity index (χ4v) is 2.84. The Balaban J connectivity index is 1.81. The van der Waals surface area contributed by atoms with Gasteiger partial charge in [0.15, 0.2) is 0 Å². The first kappa shape index (κ1) is 14.0. The Morgan fingerprint density at radius 1 is 1.05 bits per heavy atom. The molecule has 2 atom stereocenters. The van der Waals surface area contributed by atoms with Gasteiger partial charge in [-0.05, 0) is 55.2 Å². The number of rotatable bonds is 3. The van der Waals surface area contributed by atoms with E-state index in [0.717, 1.165) is 29.9 Å². The second-order valence-electron chi connectivity index (χ2n) is 5.60. The molecule has 0 saturated heterocycles. The molecule has 0 saturated carbocycles. The molecular formula is C18H21NO2. The molecule has 0 spiro atoms. The maximum Gasteiger partial charge on any atom is 0.119 e. The van der Waals surface area contributed by atoms with Crippen molar-refractivity contribution in [3.05, 3.63) is 59.2 Å². The van der Waals surface area contributed by atoms with E-state index in [1.165, 1.54) is 11.1 Å². The lowest BCUT2D eigenvalue weighted by molar-refractivity contribution is 0.153. The summed E-state index contributed by atoms with van der Waals surface area (Å²) in [4.78, 5) is 0. The third-order valence-corrected chi connectivity index (χ3v) is 4.12. The maximum atomic E-state index is 6.41. The third-order valence-electron chi connectivity index (χ3n) is 4.12. The van der Waals surface area contributed by atoms with Crippen LogP contribution in [-0.4, -0.2) is 13.2 Å². The molecule has 3 rings (SSSR count). The molecule has 0 amide bonds. The smallest absolute Gasteiger partial charge is 0.119 e. The number of methoxy groups -OCH3 is 1. The van der Waals surface area contributed by atoms with Gasteiger partial charge in [-0.1, -0.05) is 23.8 Å². The van der Waals surface area contributed by atoms with Crippen molar-refractivity contribution >= 4 is 0 Å². The molecule has 0 fully saturated rings. The van der Waals surface area contributed by atoms with Crippen LogP contribution in [0.5, 0.6) is 11.5 Å². The number of fused-ring (bicyclic) bond motifs is 1. The van der Waals surface area contributed by atoms with Gasteiger partial charge < -0.3 is 15.2 Å². The Morgan fingerprint density at radius 3 is 2.48 bits per heavy atom. The number of nitrogens with two attached hydrogens (primary N) is 1. The highest BCUT2D eigenvalue weighted by Crippen LogP contribution is 2.33. The van der Waals surface area contributed by atoms with Gasteiger partial charge in [0, 0.05) is 0 Å². The van der Waals surface area contributed by atoms with Crippen LogP contribution in [0, 0.1) is 6.92 Å². The van der Waals surface area contributed by atoms with Crippen molar-refractivity contribution in [2.75, 3.05) is 7.11 Å². The molecule has 0 heterocycles. The van der Waals surface area contributed by atoms with Gasteiger partial charge in [-0.3, -0.25) is 0 Å². The van der Waals surface area contributed by atoms with Gasteiger partial charge in [0.25, 0.3) is 0 Å². The van der Waals surface area contributed by atoms with E-state index in [1.807, 2.05) is 24.3 Å². The zero-order chi connectivity index (χ0) is 14.8. The molecular weight excluding hydrogens is 262 g/mol. The van der Waals surface area contributed by atoms with E-state index >= 15 is 0 Å². The molecule has 2 unspecified atom stereocenters. The van der Waals surface area contributed by atoms with Gasteiger partial charge in [-0.2, -0.15) is 0 Å². The summed E-state index contributed by atoms with van der Waals surface area (Å²) in [6.07, 6.45) is 1.94. The van der Waals surface area contributed by atoms with E-state index < -0.39 is 0 Å². The van der Waals surface area contributed by atoms with Crippen LogP contribution in [0.25, 0.3) is 0 Å². The number of hydrogen-bond acceptors (Lipinski definition) is 3. The zero-order valence-electron chi connectivity index (χ0n) is 12.5. The molecule has 2 aromatic rings. The molecule has 0 aliphatic heterocycles. The topological polar surface area (TPSA) is 44.5 Å². The minimum Gasteiger partial charge on any atom is -0.497 e. The van der Waals surface area contributed by atoms with Crippen LogP contribution in [-0.2, 0) is 6.42 Å². The summed E-state index contributed by atoms with van der Waals surface area (Å²) in [7, 11) is 1.68. The lowest BCUT2D eigenvalue weighted by Crippen LogP contribution is -2.35.